The predicted molar refractivity (Wildman–Crippen MR) is 87.9 cm³/mol. The molecule has 1 atom stereocenters. The van der Waals surface area contributed by atoms with Crippen LogP contribution in [0.15, 0.2) is 29.2 Å². The van der Waals surface area contributed by atoms with E-state index in [1.54, 1.807) is 0 Å². The standard InChI is InChI=1S/C14H21ClN2S.ClH/c1-16-13-3-2-8-17(11-13)9-10-18-14-6-4-12(15)5-7-14;/h4-7,13,16H,2-3,8-11H2,1H3;1H. The molecular formula is C14H22Cl2N2S. The van der Waals surface area contributed by atoms with Crippen molar-refractivity contribution >= 4 is 35.8 Å². The van der Waals surface area contributed by atoms with Crippen molar-refractivity contribution in [3.8, 4) is 0 Å². The van der Waals surface area contributed by atoms with Crippen LogP contribution in [0.4, 0.5) is 0 Å². The van der Waals surface area contributed by atoms with Gasteiger partial charge in [0.1, 0.15) is 0 Å². The third-order valence-electron chi connectivity index (χ3n) is 3.40. The largest absolute Gasteiger partial charge is 0.316 e. The van der Waals surface area contributed by atoms with Crippen molar-refractivity contribution < 1.29 is 0 Å². The number of hydrogen-bond donors (Lipinski definition) is 1. The summed E-state index contributed by atoms with van der Waals surface area (Å²) in [4.78, 5) is 3.87. The smallest absolute Gasteiger partial charge is 0.0406 e. The van der Waals surface area contributed by atoms with Gasteiger partial charge < -0.3 is 10.2 Å². The van der Waals surface area contributed by atoms with Crippen molar-refractivity contribution in [1.29, 1.82) is 0 Å². The van der Waals surface area contributed by atoms with E-state index in [1.165, 1.54) is 37.4 Å². The van der Waals surface area contributed by atoms with E-state index in [0.29, 0.717) is 6.04 Å². The van der Waals surface area contributed by atoms with Gasteiger partial charge in [-0.2, -0.15) is 0 Å². The molecule has 0 spiro atoms. The van der Waals surface area contributed by atoms with Crippen molar-refractivity contribution in [2.24, 2.45) is 0 Å². The Morgan fingerprint density at radius 1 is 1.37 bits per heavy atom. The lowest BCUT2D eigenvalue weighted by atomic mass is 10.1. The summed E-state index contributed by atoms with van der Waals surface area (Å²) in [6.45, 7) is 3.61. The molecule has 0 amide bonds. The molecule has 0 radical (unpaired) electrons. The molecule has 1 heterocycles. The van der Waals surface area contributed by atoms with Crippen LogP contribution in [0, 0.1) is 0 Å². The average Bonchev–Trinajstić information content (AvgIpc) is 2.41. The van der Waals surface area contributed by atoms with Crippen LogP contribution in [0.25, 0.3) is 0 Å². The van der Waals surface area contributed by atoms with Gasteiger partial charge in [0, 0.05) is 34.8 Å². The Morgan fingerprint density at radius 2 is 2.11 bits per heavy atom. The molecular weight excluding hydrogens is 299 g/mol. The Kier molecular flexibility index (Phi) is 8.19. The number of halogens is 2. The predicted octanol–water partition coefficient (Wildman–Crippen LogP) is 3.54. The van der Waals surface area contributed by atoms with Gasteiger partial charge in [-0.3, -0.25) is 0 Å². The third kappa shape index (κ3) is 5.92. The van der Waals surface area contributed by atoms with E-state index in [2.05, 4.69) is 29.4 Å². The second-order valence-corrected chi connectivity index (χ2v) is 6.34. The highest BCUT2D eigenvalue weighted by molar-refractivity contribution is 7.99. The van der Waals surface area contributed by atoms with Gasteiger partial charge in [0.15, 0.2) is 0 Å². The molecule has 108 valence electrons. The summed E-state index contributed by atoms with van der Waals surface area (Å²) >= 11 is 7.79. The molecule has 19 heavy (non-hydrogen) atoms. The first-order valence-corrected chi connectivity index (χ1v) is 7.92. The molecule has 0 bridgehead atoms. The first-order chi connectivity index (χ1) is 8.78. The van der Waals surface area contributed by atoms with Gasteiger partial charge in [-0.15, -0.1) is 24.2 Å². The number of nitrogens with zero attached hydrogens (tertiary/aromatic N) is 1. The maximum Gasteiger partial charge on any atom is 0.0406 e. The maximum atomic E-state index is 5.88. The van der Waals surface area contributed by atoms with Crippen LogP contribution in [0.1, 0.15) is 12.8 Å². The Balaban J connectivity index is 0.00000180. The fourth-order valence-electron chi connectivity index (χ4n) is 2.32. The van der Waals surface area contributed by atoms with Crippen molar-refractivity contribution in [2.45, 2.75) is 23.8 Å². The lowest BCUT2D eigenvalue weighted by Gasteiger charge is -2.32. The van der Waals surface area contributed by atoms with Crippen LogP contribution < -0.4 is 5.32 Å². The molecule has 1 fully saturated rings. The summed E-state index contributed by atoms with van der Waals surface area (Å²) in [7, 11) is 2.07. The van der Waals surface area contributed by atoms with Gasteiger partial charge >= 0.3 is 0 Å². The minimum absolute atomic E-state index is 0. The van der Waals surface area contributed by atoms with Gasteiger partial charge in [-0.25, -0.2) is 0 Å². The third-order valence-corrected chi connectivity index (χ3v) is 4.65. The van der Waals surface area contributed by atoms with Crippen LogP contribution in [0.2, 0.25) is 5.02 Å². The Bertz CT molecular complexity index is 359. The second-order valence-electron chi connectivity index (χ2n) is 4.73. The molecule has 2 rings (SSSR count). The highest BCUT2D eigenvalue weighted by Crippen LogP contribution is 2.20. The SMILES string of the molecule is CNC1CCCN(CCSc2ccc(Cl)cc2)C1.Cl. The summed E-state index contributed by atoms with van der Waals surface area (Å²) in [5, 5.41) is 4.20. The number of benzene rings is 1. The second kappa shape index (κ2) is 9.09. The molecule has 1 N–H and O–H groups in total. The first-order valence-electron chi connectivity index (χ1n) is 6.56. The molecule has 1 aliphatic rings. The summed E-state index contributed by atoms with van der Waals surface area (Å²) in [5.74, 6) is 1.15. The number of likely N-dealkylation sites (tertiary alicyclic amines) is 1. The number of likely N-dealkylation sites (N-methyl/N-ethyl adjacent to an activating group) is 1. The highest BCUT2D eigenvalue weighted by Gasteiger charge is 2.17. The topological polar surface area (TPSA) is 15.3 Å². The molecule has 5 heteroatoms. The molecule has 1 aromatic carbocycles. The van der Waals surface area contributed by atoms with Gasteiger partial charge in [0.25, 0.3) is 0 Å². The molecule has 1 aromatic rings. The van der Waals surface area contributed by atoms with E-state index in [4.69, 9.17) is 11.6 Å². The van der Waals surface area contributed by atoms with E-state index in [1.807, 2.05) is 23.9 Å². The van der Waals surface area contributed by atoms with E-state index < -0.39 is 0 Å². The van der Waals surface area contributed by atoms with Gasteiger partial charge in [0.2, 0.25) is 0 Å². The van der Waals surface area contributed by atoms with Crippen LogP contribution in [-0.4, -0.2) is 43.4 Å². The number of nitrogens with one attached hydrogen (secondary N) is 1. The molecule has 0 aliphatic carbocycles. The van der Waals surface area contributed by atoms with Gasteiger partial charge in [0.05, 0.1) is 0 Å². The fourth-order valence-corrected chi connectivity index (χ4v) is 3.36. The van der Waals surface area contributed by atoms with Crippen LogP contribution in [0.3, 0.4) is 0 Å². The number of piperidine rings is 1. The van der Waals surface area contributed by atoms with E-state index in [9.17, 15) is 0 Å². The van der Waals surface area contributed by atoms with Crippen molar-refractivity contribution in [1.82, 2.24) is 10.2 Å². The summed E-state index contributed by atoms with van der Waals surface area (Å²) < 4.78 is 0. The van der Waals surface area contributed by atoms with E-state index in [0.717, 1.165) is 10.8 Å². The minimum atomic E-state index is 0. The van der Waals surface area contributed by atoms with Crippen LogP contribution in [0.5, 0.6) is 0 Å². The normalized spacial score (nSPS) is 20.0. The Hall–Kier alpha value is 0.0700. The monoisotopic (exact) mass is 320 g/mol. The molecule has 0 aromatic heterocycles. The van der Waals surface area contributed by atoms with E-state index in [-0.39, 0.29) is 12.4 Å². The highest BCUT2D eigenvalue weighted by atomic mass is 35.5. The molecule has 2 nitrogen and oxygen atoms in total. The molecule has 1 unspecified atom stereocenters. The van der Waals surface area contributed by atoms with E-state index >= 15 is 0 Å². The first kappa shape index (κ1) is 17.1. The zero-order valence-electron chi connectivity index (χ0n) is 11.3. The van der Waals surface area contributed by atoms with Gasteiger partial charge in [-0.1, -0.05) is 11.6 Å². The molecule has 0 saturated carbocycles. The van der Waals surface area contributed by atoms with Gasteiger partial charge in [-0.05, 0) is 50.7 Å². The van der Waals surface area contributed by atoms with Crippen molar-refractivity contribution in [3.05, 3.63) is 29.3 Å². The van der Waals surface area contributed by atoms with Crippen molar-refractivity contribution in [3.63, 3.8) is 0 Å². The molecule has 1 saturated heterocycles. The average molecular weight is 321 g/mol. The lowest BCUT2D eigenvalue weighted by Crippen LogP contribution is -2.45. The van der Waals surface area contributed by atoms with Crippen LogP contribution >= 0.6 is 35.8 Å². The number of rotatable bonds is 5. The number of hydrogen-bond acceptors (Lipinski definition) is 3. The Morgan fingerprint density at radius 3 is 2.79 bits per heavy atom. The fraction of sp³-hybridized carbons (Fsp3) is 0.571. The maximum absolute atomic E-state index is 5.88. The summed E-state index contributed by atoms with van der Waals surface area (Å²) in [6.07, 6.45) is 2.63. The van der Waals surface area contributed by atoms with Crippen molar-refractivity contribution in [2.75, 3.05) is 32.4 Å². The quantitative estimate of drug-likeness (QED) is 0.835. The summed E-state index contributed by atoms with van der Waals surface area (Å²) in [6, 6.07) is 8.79. The zero-order chi connectivity index (χ0) is 12.8. The lowest BCUT2D eigenvalue weighted by molar-refractivity contribution is 0.206. The Labute approximate surface area is 131 Å². The minimum Gasteiger partial charge on any atom is -0.316 e. The number of thioether (sulfide) groups is 1. The van der Waals surface area contributed by atoms with Crippen LogP contribution in [-0.2, 0) is 0 Å². The zero-order valence-corrected chi connectivity index (χ0v) is 13.7. The summed E-state index contributed by atoms with van der Waals surface area (Å²) in [5.41, 5.74) is 0. The molecule has 1 aliphatic heterocycles.